The standard InChI is InChI=1S/C17H19ClFNO/c1-20(12-14-4-2-3-5-16(14)18)11-10-17(21)13-6-8-15(19)9-7-13/h2-9,17,21H,10-12H2,1H3. The molecule has 4 heteroatoms. The minimum absolute atomic E-state index is 0.290. The zero-order chi connectivity index (χ0) is 15.2. The summed E-state index contributed by atoms with van der Waals surface area (Å²) in [5.41, 5.74) is 1.81. The van der Waals surface area contributed by atoms with Crippen molar-refractivity contribution in [3.63, 3.8) is 0 Å². The lowest BCUT2D eigenvalue weighted by atomic mass is 10.1. The van der Waals surface area contributed by atoms with Crippen molar-refractivity contribution in [3.05, 3.63) is 70.5 Å². The maximum Gasteiger partial charge on any atom is 0.123 e. The molecule has 0 bridgehead atoms. The first-order valence-corrected chi connectivity index (χ1v) is 7.29. The molecule has 112 valence electrons. The maximum atomic E-state index is 12.8. The van der Waals surface area contributed by atoms with Crippen molar-refractivity contribution in [2.24, 2.45) is 0 Å². The van der Waals surface area contributed by atoms with Crippen molar-refractivity contribution in [2.45, 2.75) is 19.1 Å². The fourth-order valence-corrected chi connectivity index (χ4v) is 2.39. The molecule has 2 nitrogen and oxygen atoms in total. The van der Waals surface area contributed by atoms with E-state index in [2.05, 4.69) is 4.90 Å². The van der Waals surface area contributed by atoms with E-state index in [4.69, 9.17) is 11.6 Å². The van der Waals surface area contributed by atoms with Crippen LogP contribution < -0.4 is 0 Å². The van der Waals surface area contributed by atoms with Gasteiger partial charge in [0.1, 0.15) is 5.82 Å². The molecular weight excluding hydrogens is 289 g/mol. The molecule has 2 aromatic rings. The zero-order valence-corrected chi connectivity index (χ0v) is 12.7. The van der Waals surface area contributed by atoms with Gasteiger partial charge in [-0.05, 0) is 42.8 Å². The van der Waals surface area contributed by atoms with Gasteiger partial charge in [0.2, 0.25) is 0 Å². The Hall–Kier alpha value is -1.42. The Morgan fingerprint density at radius 3 is 2.48 bits per heavy atom. The monoisotopic (exact) mass is 307 g/mol. The Morgan fingerprint density at radius 1 is 1.14 bits per heavy atom. The highest BCUT2D eigenvalue weighted by Crippen LogP contribution is 2.19. The molecule has 1 atom stereocenters. The highest BCUT2D eigenvalue weighted by molar-refractivity contribution is 6.31. The Labute approximate surface area is 129 Å². The minimum atomic E-state index is -0.584. The van der Waals surface area contributed by atoms with E-state index >= 15 is 0 Å². The van der Waals surface area contributed by atoms with Crippen molar-refractivity contribution in [2.75, 3.05) is 13.6 Å². The van der Waals surface area contributed by atoms with Crippen LogP contribution in [0.5, 0.6) is 0 Å². The molecule has 2 rings (SSSR count). The summed E-state index contributed by atoms with van der Waals surface area (Å²) in [5.74, 6) is -0.290. The topological polar surface area (TPSA) is 23.5 Å². The fraction of sp³-hybridized carbons (Fsp3) is 0.294. The Balaban J connectivity index is 1.85. The first kappa shape index (κ1) is 16.0. The van der Waals surface area contributed by atoms with Crippen LogP contribution in [0.2, 0.25) is 5.02 Å². The van der Waals surface area contributed by atoms with Crippen LogP contribution in [-0.2, 0) is 6.54 Å². The summed E-state index contributed by atoms with van der Waals surface area (Å²) in [4.78, 5) is 2.11. The Bertz CT molecular complexity index is 573. The highest BCUT2D eigenvalue weighted by Gasteiger charge is 2.10. The molecule has 0 radical (unpaired) electrons. The molecule has 0 amide bonds. The molecule has 2 aromatic carbocycles. The van der Waals surface area contributed by atoms with Gasteiger partial charge in [0.15, 0.2) is 0 Å². The molecular formula is C17H19ClFNO. The lowest BCUT2D eigenvalue weighted by Crippen LogP contribution is -2.21. The van der Waals surface area contributed by atoms with Crippen molar-refractivity contribution in [1.82, 2.24) is 4.90 Å². The first-order chi connectivity index (χ1) is 10.1. The number of hydrogen-bond acceptors (Lipinski definition) is 2. The zero-order valence-electron chi connectivity index (χ0n) is 12.0. The van der Waals surface area contributed by atoms with Crippen LogP contribution in [0.15, 0.2) is 48.5 Å². The van der Waals surface area contributed by atoms with Gasteiger partial charge in [-0.3, -0.25) is 0 Å². The molecule has 0 aromatic heterocycles. The van der Waals surface area contributed by atoms with E-state index < -0.39 is 6.10 Å². The number of halogens is 2. The van der Waals surface area contributed by atoms with Gasteiger partial charge in [0, 0.05) is 18.1 Å². The molecule has 0 fully saturated rings. The molecule has 0 spiro atoms. The van der Waals surface area contributed by atoms with E-state index in [0.717, 1.165) is 29.2 Å². The van der Waals surface area contributed by atoms with Gasteiger partial charge in [-0.2, -0.15) is 0 Å². The average molecular weight is 308 g/mol. The van der Waals surface area contributed by atoms with Crippen LogP contribution in [0.4, 0.5) is 4.39 Å². The second-order valence-corrected chi connectivity index (χ2v) is 5.59. The molecule has 0 heterocycles. The Kier molecular flexibility index (Phi) is 5.74. The molecule has 1 unspecified atom stereocenters. The lowest BCUT2D eigenvalue weighted by Gasteiger charge is -2.19. The molecule has 0 saturated carbocycles. The van der Waals surface area contributed by atoms with Crippen molar-refractivity contribution < 1.29 is 9.50 Å². The van der Waals surface area contributed by atoms with E-state index in [1.807, 2.05) is 31.3 Å². The third-order valence-electron chi connectivity index (χ3n) is 3.44. The SMILES string of the molecule is CN(CCC(O)c1ccc(F)cc1)Cc1ccccc1Cl. The van der Waals surface area contributed by atoms with Gasteiger partial charge in [-0.15, -0.1) is 0 Å². The minimum Gasteiger partial charge on any atom is -0.388 e. The van der Waals surface area contributed by atoms with Gasteiger partial charge < -0.3 is 10.0 Å². The van der Waals surface area contributed by atoms with E-state index in [1.54, 1.807) is 12.1 Å². The van der Waals surface area contributed by atoms with Crippen LogP contribution in [0.1, 0.15) is 23.7 Å². The van der Waals surface area contributed by atoms with Crippen LogP contribution >= 0.6 is 11.6 Å². The van der Waals surface area contributed by atoms with Crippen LogP contribution in [0, 0.1) is 5.82 Å². The molecule has 1 N–H and O–H groups in total. The van der Waals surface area contributed by atoms with E-state index in [9.17, 15) is 9.50 Å². The number of benzene rings is 2. The van der Waals surface area contributed by atoms with Crippen LogP contribution in [0.25, 0.3) is 0 Å². The van der Waals surface area contributed by atoms with Crippen molar-refractivity contribution >= 4 is 11.6 Å². The highest BCUT2D eigenvalue weighted by atomic mass is 35.5. The fourth-order valence-electron chi connectivity index (χ4n) is 2.19. The van der Waals surface area contributed by atoms with Crippen LogP contribution in [0.3, 0.4) is 0 Å². The maximum absolute atomic E-state index is 12.8. The number of aliphatic hydroxyl groups excluding tert-OH is 1. The van der Waals surface area contributed by atoms with Gasteiger partial charge in [0.05, 0.1) is 6.10 Å². The van der Waals surface area contributed by atoms with Gasteiger partial charge in [-0.25, -0.2) is 4.39 Å². The van der Waals surface area contributed by atoms with E-state index in [-0.39, 0.29) is 5.82 Å². The molecule has 21 heavy (non-hydrogen) atoms. The largest absolute Gasteiger partial charge is 0.388 e. The normalized spacial score (nSPS) is 12.6. The lowest BCUT2D eigenvalue weighted by molar-refractivity contribution is 0.147. The van der Waals surface area contributed by atoms with Crippen molar-refractivity contribution in [3.8, 4) is 0 Å². The molecule has 0 aliphatic carbocycles. The second kappa shape index (κ2) is 7.55. The van der Waals surface area contributed by atoms with E-state index in [1.165, 1.54) is 12.1 Å². The quantitative estimate of drug-likeness (QED) is 0.871. The summed E-state index contributed by atoms with van der Waals surface area (Å²) in [7, 11) is 1.99. The molecule has 0 aliphatic rings. The molecule has 0 aliphatic heterocycles. The predicted octanol–water partition coefficient (Wildman–Crippen LogP) is 4.03. The van der Waals surface area contributed by atoms with Crippen LogP contribution in [-0.4, -0.2) is 23.6 Å². The molecule has 0 saturated heterocycles. The summed E-state index contributed by atoms with van der Waals surface area (Å²) in [6.45, 7) is 1.46. The number of aliphatic hydroxyl groups is 1. The summed E-state index contributed by atoms with van der Waals surface area (Å²) in [6, 6.07) is 13.7. The van der Waals surface area contributed by atoms with Gasteiger partial charge in [0.25, 0.3) is 0 Å². The first-order valence-electron chi connectivity index (χ1n) is 6.92. The number of nitrogens with zero attached hydrogens (tertiary/aromatic N) is 1. The van der Waals surface area contributed by atoms with E-state index in [0.29, 0.717) is 6.42 Å². The Morgan fingerprint density at radius 2 is 1.81 bits per heavy atom. The summed E-state index contributed by atoms with van der Waals surface area (Å²) in [6.07, 6.45) is 0.00588. The third kappa shape index (κ3) is 4.81. The third-order valence-corrected chi connectivity index (χ3v) is 3.81. The predicted molar refractivity (Wildman–Crippen MR) is 83.8 cm³/mol. The van der Waals surface area contributed by atoms with Gasteiger partial charge in [-0.1, -0.05) is 41.9 Å². The second-order valence-electron chi connectivity index (χ2n) is 5.19. The van der Waals surface area contributed by atoms with Crippen molar-refractivity contribution in [1.29, 1.82) is 0 Å². The van der Waals surface area contributed by atoms with Gasteiger partial charge >= 0.3 is 0 Å². The average Bonchev–Trinajstić information content (AvgIpc) is 2.48. The smallest absolute Gasteiger partial charge is 0.123 e. The summed E-state index contributed by atoms with van der Waals surface area (Å²) in [5, 5.41) is 10.9. The summed E-state index contributed by atoms with van der Waals surface area (Å²) >= 11 is 6.13. The number of rotatable bonds is 6. The number of hydrogen-bond donors (Lipinski definition) is 1. The summed E-state index contributed by atoms with van der Waals surface area (Å²) < 4.78 is 12.8.